The molecule has 0 aliphatic carbocycles. The molecule has 0 spiro atoms. The van der Waals surface area contributed by atoms with Crippen LogP contribution in [0.2, 0.25) is 0 Å². The van der Waals surface area contributed by atoms with Crippen molar-refractivity contribution in [1.82, 2.24) is 9.97 Å². The van der Waals surface area contributed by atoms with Gasteiger partial charge in [-0.15, -0.1) is 0 Å². The lowest BCUT2D eigenvalue weighted by Gasteiger charge is -2.26. The first kappa shape index (κ1) is 27.1. The van der Waals surface area contributed by atoms with Gasteiger partial charge in [0.25, 0.3) is 0 Å². The molecule has 40 heavy (non-hydrogen) atoms. The Morgan fingerprint density at radius 1 is 1.07 bits per heavy atom. The number of aromatic nitrogens is 2. The van der Waals surface area contributed by atoms with Crippen LogP contribution < -0.4 is 14.4 Å². The minimum absolute atomic E-state index is 0.120. The molecule has 9 nitrogen and oxygen atoms in total. The minimum Gasteiger partial charge on any atom is -0.497 e. The van der Waals surface area contributed by atoms with Gasteiger partial charge in [0.05, 0.1) is 13.5 Å². The fourth-order valence-electron chi connectivity index (χ4n) is 4.74. The van der Waals surface area contributed by atoms with Crippen LogP contribution in [0.25, 0.3) is 0 Å². The third kappa shape index (κ3) is 5.73. The zero-order chi connectivity index (χ0) is 28.3. The van der Waals surface area contributed by atoms with E-state index < -0.39 is 22.9 Å². The average molecular weight is 541 g/mol. The molecule has 0 amide bonds. The molecule has 0 N–H and O–H groups in total. The number of hydrogen-bond acceptors (Lipinski definition) is 9. The fourth-order valence-corrected chi connectivity index (χ4v) is 4.74. The zero-order valence-corrected chi connectivity index (χ0v) is 23.1. The van der Waals surface area contributed by atoms with Crippen molar-refractivity contribution in [2.24, 2.45) is 4.99 Å². The molecule has 3 heterocycles. The van der Waals surface area contributed by atoms with Gasteiger partial charge in [-0.25, -0.2) is 4.98 Å². The molecule has 206 valence electrons. The lowest BCUT2D eigenvalue weighted by Crippen LogP contribution is -2.38. The Kier molecular flexibility index (Phi) is 7.38. The number of carbonyl (C=O) groups excluding carboxylic acids is 2. The number of ether oxygens (including phenoxy) is 3. The second-order valence-electron chi connectivity index (χ2n) is 10.7. The molecule has 0 saturated heterocycles. The zero-order valence-electron chi connectivity index (χ0n) is 23.1. The van der Waals surface area contributed by atoms with Gasteiger partial charge in [-0.05, 0) is 68.7 Å². The van der Waals surface area contributed by atoms with Crippen LogP contribution in [-0.2, 0) is 22.6 Å². The van der Waals surface area contributed by atoms with Crippen molar-refractivity contribution in [1.29, 1.82) is 0 Å². The van der Waals surface area contributed by atoms with Gasteiger partial charge in [0.2, 0.25) is 17.6 Å². The van der Waals surface area contributed by atoms with Crippen LogP contribution in [0.1, 0.15) is 48.7 Å². The van der Waals surface area contributed by atoms with Crippen LogP contribution in [0.3, 0.4) is 0 Å². The molecule has 1 atom stereocenters. The summed E-state index contributed by atoms with van der Waals surface area (Å²) in [6, 6.07) is 15.5. The first-order valence-corrected chi connectivity index (χ1v) is 13.2. The average Bonchev–Trinajstić information content (AvgIpc) is 3.58. The van der Waals surface area contributed by atoms with E-state index in [0.717, 1.165) is 23.4 Å². The number of benzene rings is 2. The van der Waals surface area contributed by atoms with Crippen molar-refractivity contribution in [2.45, 2.75) is 51.4 Å². The number of para-hydroxylation sites is 1. The Labute approximate surface area is 233 Å². The summed E-state index contributed by atoms with van der Waals surface area (Å²) in [6.07, 6.45) is 6.84. The van der Waals surface area contributed by atoms with Crippen molar-refractivity contribution in [3.05, 3.63) is 83.6 Å². The van der Waals surface area contributed by atoms with E-state index in [1.807, 2.05) is 47.4 Å². The Bertz CT molecular complexity index is 1460. The largest absolute Gasteiger partial charge is 0.497 e. The lowest BCUT2D eigenvalue weighted by molar-refractivity contribution is -0.155. The number of anilines is 2. The summed E-state index contributed by atoms with van der Waals surface area (Å²) in [5.74, 6) is 0.302. The van der Waals surface area contributed by atoms with Crippen molar-refractivity contribution in [3.63, 3.8) is 0 Å². The molecular weight excluding hydrogens is 508 g/mol. The summed E-state index contributed by atoms with van der Waals surface area (Å²) in [6.45, 7) is 6.21. The van der Waals surface area contributed by atoms with Crippen LogP contribution in [0.15, 0.2) is 71.9 Å². The quantitative estimate of drug-likeness (QED) is 0.274. The third-order valence-corrected chi connectivity index (χ3v) is 6.64. The van der Waals surface area contributed by atoms with Gasteiger partial charge >= 0.3 is 5.97 Å². The Morgan fingerprint density at radius 3 is 2.55 bits per heavy atom. The van der Waals surface area contributed by atoms with E-state index in [1.54, 1.807) is 40.0 Å². The SMILES string of the molecule is COc1ccc(COc2nc(N3CCc4ccccc43)ncc2C(=O)C2(CC(=O)OC(C)(C)C)C=CC=N2)cc1. The van der Waals surface area contributed by atoms with Crippen molar-refractivity contribution in [2.75, 3.05) is 18.6 Å². The number of aliphatic imine (C=N–C) groups is 1. The van der Waals surface area contributed by atoms with Gasteiger partial charge in [0, 0.05) is 24.6 Å². The maximum Gasteiger partial charge on any atom is 0.309 e. The monoisotopic (exact) mass is 540 g/mol. The topological polar surface area (TPSA) is 103 Å². The molecule has 2 aliphatic rings. The molecule has 2 aliphatic heterocycles. The van der Waals surface area contributed by atoms with Gasteiger partial charge in [-0.3, -0.25) is 14.6 Å². The Hall–Kier alpha value is -4.53. The molecule has 1 unspecified atom stereocenters. The van der Waals surface area contributed by atoms with E-state index in [4.69, 9.17) is 19.2 Å². The molecule has 0 saturated carbocycles. The predicted octanol–water partition coefficient (Wildman–Crippen LogP) is 5.05. The lowest BCUT2D eigenvalue weighted by atomic mass is 9.88. The predicted molar refractivity (Wildman–Crippen MR) is 152 cm³/mol. The Balaban J connectivity index is 1.49. The van der Waals surface area contributed by atoms with E-state index in [-0.39, 0.29) is 24.5 Å². The standard InChI is InChI=1S/C31H32N4O5/c1-30(2,3)40-26(36)18-31(15-7-16-33-31)27(37)24-19-32-29(35-17-14-22-8-5-6-9-25(22)35)34-28(24)39-20-21-10-12-23(38-4)13-11-21/h5-13,15-16,19H,14,17-18,20H2,1-4H3. The number of Topliss-reactive ketones (excluding diaryl/α,β-unsaturated/α-hetero) is 1. The highest BCUT2D eigenvalue weighted by molar-refractivity contribution is 6.10. The number of hydrogen-bond donors (Lipinski definition) is 0. The van der Waals surface area contributed by atoms with Gasteiger partial charge in [0.1, 0.15) is 23.5 Å². The molecule has 1 aromatic heterocycles. The van der Waals surface area contributed by atoms with Crippen molar-refractivity contribution >= 4 is 29.6 Å². The highest BCUT2D eigenvalue weighted by Crippen LogP contribution is 2.36. The van der Waals surface area contributed by atoms with E-state index in [0.29, 0.717) is 12.5 Å². The Morgan fingerprint density at radius 2 is 1.85 bits per heavy atom. The van der Waals surface area contributed by atoms with E-state index in [9.17, 15) is 9.59 Å². The summed E-state index contributed by atoms with van der Waals surface area (Å²) in [7, 11) is 1.61. The summed E-state index contributed by atoms with van der Waals surface area (Å²) < 4.78 is 16.9. The van der Waals surface area contributed by atoms with Crippen LogP contribution in [0.5, 0.6) is 11.6 Å². The van der Waals surface area contributed by atoms with Crippen LogP contribution >= 0.6 is 0 Å². The molecule has 0 fully saturated rings. The molecule has 9 heteroatoms. The van der Waals surface area contributed by atoms with Gasteiger partial charge < -0.3 is 19.1 Å². The maximum absolute atomic E-state index is 14.1. The van der Waals surface area contributed by atoms with E-state index in [1.165, 1.54) is 18.0 Å². The van der Waals surface area contributed by atoms with Gasteiger partial charge in [-0.2, -0.15) is 4.98 Å². The second-order valence-corrected chi connectivity index (χ2v) is 10.7. The highest BCUT2D eigenvalue weighted by Gasteiger charge is 2.43. The first-order chi connectivity index (χ1) is 19.2. The molecule has 3 aromatic rings. The molecular formula is C31H32N4O5. The normalized spacial score (nSPS) is 17.6. The number of carbonyl (C=O) groups is 2. The third-order valence-electron chi connectivity index (χ3n) is 6.64. The number of ketones is 1. The summed E-state index contributed by atoms with van der Waals surface area (Å²) >= 11 is 0. The minimum atomic E-state index is -1.47. The second kappa shape index (κ2) is 10.9. The van der Waals surface area contributed by atoms with Crippen LogP contribution in [-0.4, -0.2) is 52.7 Å². The number of esters is 1. The molecule has 5 rings (SSSR count). The van der Waals surface area contributed by atoms with Crippen LogP contribution in [0.4, 0.5) is 11.6 Å². The molecule has 0 radical (unpaired) electrons. The van der Waals surface area contributed by atoms with Crippen LogP contribution in [0, 0.1) is 0 Å². The number of allylic oxidation sites excluding steroid dienone is 1. The number of methoxy groups -OCH3 is 1. The van der Waals surface area contributed by atoms with Crippen molar-refractivity contribution < 1.29 is 23.8 Å². The summed E-state index contributed by atoms with van der Waals surface area (Å²) in [4.78, 5) is 42.5. The van der Waals surface area contributed by atoms with Crippen molar-refractivity contribution in [3.8, 4) is 11.6 Å². The summed E-state index contributed by atoms with van der Waals surface area (Å²) in [5.41, 5.74) is 1.06. The van der Waals surface area contributed by atoms with E-state index >= 15 is 0 Å². The maximum atomic E-state index is 14.1. The number of fused-ring (bicyclic) bond motifs is 1. The molecule has 2 aromatic carbocycles. The number of rotatable bonds is 9. The first-order valence-electron chi connectivity index (χ1n) is 13.2. The van der Waals surface area contributed by atoms with Gasteiger partial charge in [-0.1, -0.05) is 30.3 Å². The fraction of sp³-hybridized carbons (Fsp3) is 0.323. The molecule has 0 bridgehead atoms. The smallest absolute Gasteiger partial charge is 0.309 e. The van der Waals surface area contributed by atoms with E-state index in [2.05, 4.69) is 16.0 Å². The highest BCUT2D eigenvalue weighted by atomic mass is 16.6. The summed E-state index contributed by atoms with van der Waals surface area (Å²) in [5, 5.41) is 0. The number of nitrogens with zero attached hydrogens (tertiary/aromatic N) is 4. The van der Waals surface area contributed by atoms with Gasteiger partial charge in [0.15, 0.2) is 5.54 Å².